The van der Waals surface area contributed by atoms with Gasteiger partial charge in [-0.3, -0.25) is 9.59 Å². The molecule has 0 bridgehead atoms. The van der Waals surface area contributed by atoms with Gasteiger partial charge in [-0.15, -0.1) is 0 Å². The number of rotatable bonds is 6. The molecule has 7 nitrogen and oxygen atoms in total. The van der Waals surface area contributed by atoms with Crippen molar-refractivity contribution >= 4 is 55.2 Å². The second-order valence-corrected chi connectivity index (χ2v) is 13.2. The number of fused-ring (bicyclic) bond motifs is 4. The van der Waals surface area contributed by atoms with E-state index in [1.165, 1.54) is 0 Å². The first-order chi connectivity index (χ1) is 26.6. The van der Waals surface area contributed by atoms with Crippen LogP contribution in [-0.2, 0) is 0 Å². The molecule has 0 saturated heterocycles. The van der Waals surface area contributed by atoms with Crippen LogP contribution in [0.4, 0.5) is 17.1 Å². The number of pyridine rings is 2. The molecule has 3 heterocycles. The van der Waals surface area contributed by atoms with Crippen molar-refractivity contribution in [3.8, 4) is 34.2 Å². The first kappa shape index (κ1) is 31.2. The van der Waals surface area contributed by atoms with Crippen LogP contribution in [0.1, 0.15) is 0 Å². The third-order valence-electron chi connectivity index (χ3n) is 9.94. The van der Waals surface area contributed by atoms with Crippen LogP contribution in [0.25, 0.3) is 72.3 Å². The molecule has 0 N–H and O–H groups in total. The van der Waals surface area contributed by atoms with Gasteiger partial charge >= 0.3 is 0 Å². The maximum Gasteiger partial charge on any atom is 0.197 e. The zero-order valence-electron chi connectivity index (χ0n) is 28.8. The lowest BCUT2D eigenvalue weighted by Crippen LogP contribution is -2.15. The van der Waals surface area contributed by atoms with Gasteiger partial charge < -0.3 is 9.30 Å². The van der Waals surface area contributed by atoms with E-state index < -0.39 is 0 Å². The Kier molecular flexibility index (Phi) is 7.30. The van der Waals surface area contributed by atoms with Crippen molar-refractivity contribution < 1.29 is 0 Å². The Hall–Kier alpha value is -7.51. The molecule has 0 radical (unpaired) electrons. The molecule has 10 rings (SSSR count). The molecule has 7 aromatic carbocycles. The van der Waals surface area contributed by atoms with Crippen LogP contribution in [-0.4, -0.2) is 19.4 Å². The fraction of sp³-hybridized carbons (Fsp3) is 0. The summed E-state index contributed by atoms with van der Waals surface area (Å²) in [4.78, 5) is 45.5. The fourth-order valence-electron chi connectivity index (χ4n) is 7.44. The molecule has 0 aliphatic carbocycles. The van der Waals surface area contributed by atoms with Gasteiger partial charge in [-0.25, -0.2) is 15.0 Å². The second kappa shape index (κ2) is 12.6. The molecule has 3 aromatic heterocycles. The summed E-state index contributed by atoms with van der Waals surface area (Å²) in [5, 5.41) is 2.04. The van der Waals surface area contributed by atoms with Crippen LogP contribution in [0.2, 0.25) is 0 Å². The number of benzene rings is 7. The first-order valence-electron chi connectivity index (χ1n) is 17.7. The summed E-state index contributed by atoms with van der Waals surface area (Å²) in [5.41, 5.74) is 6.89. The number of hydrogen-bond donors (Lipinski definition) is 0. The molecule has 0 spiro atoms. The Morgan fingerprint density at radius 3 is 1.43 bits per heavy atom. The molecule has 54 heavy (non-hydrogen) atoms. The summed E-state index contributed by atoms with van der Waals surface area (Å²) >= 11 is 0. The van der Waals surface area contributed by atoms with E-state index in [2.05, 4.69) is 33.6 Å². The zero-order valence-corrected chi connectivity index (χ0v) is 28.8. The van der Waals surface area contributed by atoms with Crippen LogP contribution in [0, 0.1) is 0 Å². The highest BCUT2D eigenvalue weighted by molar-refractivity contribution is 6.08. The van der Waals surface area contributed by atoms with E-state index in [9.17, 15) is 9.59 Å². The van der Waals surface area contributed by atoms with Gasteiger partial charge in [-0.05, 0) is 66.7 Å². The van der Waals surface area contributed by atoms with Crippen molar-refractivity contribution in [2.75, 3.05) is 4.90 Å². The number of para-hydroxylation sites is 3. The van der Waals surface area contributed by atoms with Crippen molar-refractivity contribution in [2.45, 2.75) is 0 Å². The quantitative estimate of drug-likeness (QED) is 0.127. The summed E-state index contributed by atoms with van der Waals surface area (Å²) in [6.45, 7) is 0. The van der Waals surface area contributed by atoms with Crippen molar-refractivity contribution in [3.05, 3.63) is 196 Å². The molecule has 0 unspecified atom stereocenters. The monoisotopic (exact) mass is 695 g/mol. The number of nitrogens with zero attached hydrogens (tertiary/aromatic N) is 5. The van der Waals surface area contributed by atoms with E-state index in [-0.39, 0.29) is 10.9 Å². The van der Waals surface area contributed by atoms with Gasteiger partial charge in [0, 0.05) is 55.3 Å². The number of aromatic nitrogens is 4. The Balaban J connectivity index is 1.25. The van der Waals surface area contributed by atoms with Gasteiger partial charge in [-0.1, -0.05) is 109 Å². The van der Waals surface area contributed by atoms with E-state index in [1.807, 2.05) is 140 Å². The van der Waals surface area contributed by atoms with Crippen LogP contribution in [0.15, 0.2) is 186 Å². The lowest BCUT2D eigenvalue weighted by Gasteiger charge is -2.26. The van der Waals surface area contributed by atoms with Crippen molar-refractivity contribution in [2.24, 2.45) is 0 Å². The zero-order chi connectivity index (χ0) is 36.2. The molecule has 0 saturated carbocycles. The Labute approximate surface area is 309 Å². The third kappa shape index (κ3) is 5.10. The smallest absolute Gasteiger partial charge is 0.197 e. The average molecular weight is 696 g/mol. The predicted molar refractivity (Wildman–Crippen MR) is 218 cm³/mol. The minimum Gasteiger partial charge on any atom is -0.310 e. The fourth-order valence-corrected chi connectivity index (χ4v) is 7.44. The summed E-state index contributed by atoms with van der Waals surface area (Å²) in [6, 6.07) is 56.9. The maximum atomic E-state index is 14.5. The van der Waals surface area contributed by atoms with Crippen LogP contribution in [0.3, 0.4) is 0 Å². The normalized spacial score (nSPS) is 11.5. The molecule has 0 aliphatic heterocycles. The van der Waals surface area contributed by atoms with E-state index in [0.717, 1.165) is 28.2 Å². The van der Waals surface area contributed by atoms with Gasteiger partial charge in [0.05, 0.1) is 16.6 Å². The van der Waals surface area contributed by atoms with Crippen LogP contribution < -0.4 is 15.8 Å². The minimum atomic E-state index is -0.137. The minimum absolute atomic E-state index is 0.133. The molecule has 254 valence electrons. The molecule has 7 heteroatoms. The number of hydrogen-bond acceptors (Lipinski definition) is 6. The molecule has 0 fully saturated rings. The van der Waals surface area contributed by atoms with Gasteiger partial charge in [0.15, 0.2) is 28.3 Å². The molecule has 0 atom stereocenters. The SMILES string of the molecule is O=c1c2cc(N(c3ccccc3)c3ccccc3)ccc2n2c3cc(-c4nc(-c5ccccc5)nc(-c5ccccc5)n4)ccc3c(=O)c3cccc1c32. The number of anilines is 3. The summed E-state index contributed by atoms with van der Waals surface area (Å²) < 4.78 is 2.05. The molecule has 10 aromatic rings. The standard InChI is InChI=1S/C47H29N5O2/c53-43-36-26-24-32(47-49-45(30-14-5-1-6-15-30)48-46(50-47)31-16-7-2-8-17-31)28-41(36)52-40-27-25-35(29-39(40)44(54)38-23-13-22-37(43)42(38)52)51(33-18-9-3-10-19-33)34-20-11-4-12-21-34/h1-29H. The average Bonchev–Trinajstić information content (AvgIpc) is 3.24. The largest absolute Gasteiger partial charge is 0.310 e. The van der Waals surface area contributed by atoms with E-state index >= 15 is 0 Å². The molecular weight excluding hydrogens is 667 g/mol. The van der Waals surface area contributed by atoms with Gasteiger partial charge in [0.25, 0.3) is 0 Å². The molecule has 0 amide bonds. The highest BCUT2D eigenvalue weighted by Gasteiger charge is 2.21. The van der Waals surface area contributed by atoms with Gasteiger partial charge in [0.2, 0.25) is 0 Å². The molecule has 0 aliphatic rings. The second-order valence-electron chi connectivity index (χ2n) is 13.2. The highest BCUT2D eigenvalue weighted by Crippen LogP contribution is 2.37. The predicted octanol–water partition coefficient (Wildman–Crippen LogP) is 10.2. The summed E-state index contributed by atoms with van der Waals surface area (Å²) in [7, 11) is 0. The van der Waals surface area contributed by atoms with Crippen molar-refractivity contribution in [1.82, 2.24) is 19.4 Å². The topological polar surface area (TPSA) is 80.5 Å². The molecular formula is C47H29N5O2. The Morgan fingerprint density at radius 1 is 0.370 bits per heavy atom. The summed E-state index contributed by atoms with van der Waals surface area (Å²) in [5.74, 6) is 1.56. The van der Waals surface area contributed by atoms with E-state index in [0.29, 0.717) is 61.1 Å². The maximum absolute atomic E-state index is 14.5. The first-order valence-corrected chi connectivity index (χ1v) is 17.7. The summed E-state index contributed by atoms with van der Waals surface area (Å²) in [6.07, 6.45) is 0. The van der Waals surface area contributed by atoms with Crippen LogP contribution in [0.5, 0.6) is 0 Å². The van der Waals surface area contributed by atoms with E-state index in [1.54, 1.807) is 12.1 Å². The lowest BCUT2D eigenvalue weighted by molar-refractivity contribution is 1.07. The van der Waals surface area contributed by atoms with Crippen molar-refractivity contribution in [3.63, 3.8) is 0 Å². The highest BCUT2D eigenvalue weighted by atomic mass is 16.1. The Morgan fingerprint density at radius 2 is 0.870 bits per heavy atom. The van der Waals surface area contributed by atoms with E-state index in [4.69, 9.17) is 15.0 Å². The van der Waals surface area contributed by atoms with Crippen molar-refractivity contribution in [1.29, 1.82) is 0 Å². The third-order valence-corrected chi connectivity index (χ3v) is 9.94. The lowest BCUT2D eigenvalue weighted by atomic mass is 10.0. The Bertz CT molecular complexity index is 3040. The van der Waals surface area contributed by atoms with Gasteiger partial charge in [0.1, 0.15) is 0 Å². The van der Waals surface area contributed by atoms with Crippen LogP contribution >= 0.6 is 0 Å². The van der Waals surface area contributed by atoms with Gasteiger partial charge in [-0.2, -0.15) is 0 Å².